The lowest BCUT2D eigenvalue weighted by atomic mass is 9.86. The van der Waals surface area contributed by atoms with Gasteiger partial charge in [-0.15, -0.1) is 4.36 Å². The van der Waals surface area contributed by atoms with Gasteiger partial charge in [0, 0.05) is 57.3 Å². The number of piperazine rings is 1. The summed E-state index contributed by atoms with van der Waals surface area (Å²) in [6, 6.07) is 17.7. The summed E-state index contributed by atoms with van der Waals surface area (Å²) in [5.74, 6) is 1.02. The lowest BCUT2D eigenvalue weighted by molar-refractivity contribution is 0.0607. The lowest BCUT2D eigenvalue weighted by Crippen LogP contribution is -2.49. The number of carbonyl (C=O) groups is 2. The molecule has 0 bridgehead atoms. The molecule has 1 aromatic heterocycles. The van der Waals surface area contributed by atoms with Crippen molar-refractivity contribution >= 4 is 33.2 Å². The number of rotatable bonds is 6. The zero-order valence-corrected chi connectivity index (χ0v) is 29.7. The summed E-state index contributed by atoms with van der Waals surface area (Å²) in [6.45, 7) is 13.1. The number of ether oxygens (including phenoxy) is 1. The Labute approximate surface area is 284 Å². The van der Waals surface area contributed by atoms with Gasteiger partial charge in [0.25, 0.3) is 5.91 Å². The molecule has 0 N–H and O–H groups in total. The van der Waals surface area contributed by atoms with E-state index in [-0.39, 0.29) is 5.91 Å². The van der Waals surface area contributed by atoms with Gasteiger partial charge in [-0.05, 0) is 107 Å². The van der Waals surface area contributed by atoms with E-state index in [4.69, 9.17) is 4.74 Å². The molecular formula is C37H46N6O4S. The molecule has 3 heterocycles. The molecule has 0 aliphatic carbocycles. The van der Waals surface area contributed by atoms with Gasteiger partial charge in [-0.25, -0.2) is 14.0 Å². The summed E-state index contributed by atoms with van der Waals surface area (Å²) < 4.78 is 22.8. The van der Waals surface area contributed by atoms with Gasteiger partial charge >= 0.3 is 6.09 Å². The number of para-hydroxylation sites is 1. The fourth-order valence-corrected chi connectivity index (χ4v) is 7.83. The van der Waals surface area contributed by atoms with Crippen molar-refractivity contribution in [3.05, 3.63) is 82.5 Å². The molecule has 2 aliphatic heterocycles. The maximum atomic E-state index is 13.9. The second-order valence-electron chi connectivity index (χ2n) is 13.8. The monoisotopic (exact) mass is 670 g/mol. The third kappa shape index (κ3) is 8.16. The number of aryl methyl sites for hydroxylation is 2. The third-order valence-electron chi connectivity index (χ3n) is 9.07. The van der Waals surface area contributed by atoms with Crippen LogP contribution in [0, 0.1) is 31.1 Å². The van der Waals surface area contributed by atoms with Crippen molar-refractivity contribution in [2.24, 2.45) is 10.3 Å². The van der Waals surface area contributed by atoms with Crippen LogP contribution in [0.3, 0.4) is 0 Å². The molecule has 0 saturated carbocycles. The molecule has 5 rings (SSSR count). The molecule has 2 amide bonds. The minimum absolute atomic E-state index is 0.0109. The number of pyridine rings is 1. The SMILES string of the molecule is Cc1cc(C)c(C(=O)N2CCN(c3ncccc3[S@@](C)(=O)=NC(=O)OC(C)(C)C)CC2)cc1CC1CCN(c2ccccc2C#N)CC1. The quantitative estimate of drug-likeness (QED) is 0.296. The second-order valence-corrected chi connectivity index (χ2v) is 16.1. The number of hydrogen-bond acceptors (Lipinski definition) is 8. The van der Waals surface area contributed by atoms with Gasteiger partial charge in [-0.2, -0.15) is 5.26 Å². The van der Waals surface area contributed by atoms with Crippen molar-refractivity contribution in [2.75, 3.05) is 55.3 Å². The van der Waals surface area contributed by atoms with Crippen LogP contribution in [0.2, 0.25) is 0 Å². The Morgan fingerprint density at radius 1 is 0.979 bits per heavy atom. The number of benzene rings is 2. The van der Waals surface area contributed by atoms with Gasteiger partial charge in [0.05, 0.1) is 25.9 Å². The van der Waals surface area contributed by atoms with E-state index in [9.17, 15) is 19.1 Å². The van der Waals surface area contributed by atoms with Crippen LogP contribution >= 0.6 is 0 Å². The zero-order chi connectivity index (χ0) is 34.6. The molecule has 0 radical (unpaired) electrons. The van der Waals surface area contributed by atoms with Crippen LogP contribution in [0.25, 0.3) is 0 Å². The molecule has 2 fully saturated rings. The van der Waals surface area contributed by atoms with E-state index in [0.29, 0.717) is 48.4 Å². The molecule has 2 aliphatic rings. The molecular weight excluding hydrogens is 625 g/mol. The topological polar surface area (TPSA) is 119 Å². The van der Waals surface area contributed by atoms with Gasteiger partial charge in [0.1, 0.15) is 17.5 Å². The summed E-state index contributed by atoms with van der Waals surface area (Å²) in [7, 11) is -3.13. The number of piperidine rings is 1. The lowest BCUT2D eigenvalue weighted by Gasteiger charge is -2.36. The van der Waals surface area contributed by atoms with Crippen molar-refractivity contribution < 1.29 is 18.5 Å². The van der Waals surface area contributed by atoms with Crippen molar-refractivity contribution in [1.82, 2.24) is 9.88 Å². The highest BCUT2D eigenvalue weighted by Crippen LogP contribution is 2.30. The van der Waals surface area contributed by atoms with E-state index in [2.05, 4.69) is 39.4 Å². The number of anilines is 2. The summed E-state index contributed by atoms with van der Waals surface area (Å²) in [6.07, 6.45) is 5.16. The Balaban J connectivity index is 1.24. The van der Waals surface area contributed by atoms with Crippen molar-refractivity contribution in [3.63, 3.8) is 0 Å². The van der Waals surface area contributed by atoms with Gasteiger partial charge in [0.2, 0.25) is 0 Å². The summed E-state index contributed by atoms with van der Waals surface area (Å²) in [5, 5.41) is 9.53. The van der Waals surface area contributed by atoms with Gasteiger partial charge in [-0.3, -0.25) is 4.79 Å². The minimum Gasteiger partial charge on any atom is -0.442 e. The number of carbonyl (C=O) groups excluding carboxylic acids is 2. The molecule has 3 aromatic rings. The van der Waals surface area contributed by atoms with Crippen LogP contribution in [0.1, 0.15) is 66.2 Å². The second kappa shape index (κ2) is 14.4. The molecule has 0 spiro atoms. The molecule has 254 valence electrons. The number of hydrogen-bond donors (Lipinski definition) is 0. The number of nitrogens with zero attached hydrogens (tertiary/aromatic N) is 6. The summed E-state index contributed by atoms with van der Waals surface area (Å²) in [5.41, 5.74) is 5.09. The van der Waals surface area contributed by atoms with E-state index < -0.39 is 21.4 Å². The molecule has 11 heteroatoms. The maximum Gasteiger partial charge on any atom is 0.442 e. The minimum atomic E-state index is -3.13. The normalized spacial score (nSPS) is 17.0. The first-order valence-electron chi connectivity index (χ1n) is 16.5. The number of aromatic nitrogens is 1. The van der Waals surface area contributed by atoms with Crippen LogP contribution in [-0.2, 0) is 20.9 Å². The van der Waals surface area contributed by atoms with Crippen LogP contribution in [0.5, 0.6) is 0 Å². The highest BCUT2D eigenvalue weighted by Gasteiger charge is 2.29. The smallest absolute Gasteiger partial charge is 0.442 e. The molecule has 2 aromatic carbocycles. The molecule has 0 unspecified atom stereocenters. The van der Waals surface area contributed by atoms with Crippen molar-refractivity contribution in [3.8, 4) is 6.07 Å². The van der Waals surface area contributed by atoms with Crippen LogP contribution in [0.4, 0.5) is 16.3 Å². The Morgan fingerprint density at radius 2 is 1.67 bits per heavy atom. The van der Waals surface area contributed by atoms with E-state index in [1.165, 1.54) is 17.4 Å². The number of amides is 2. The van der Waals surface area contributed by atoms with E-state index in [1.54, 1.807) is 39.1 Å². The highest BCUT2D eigenvalue weighted by atomic mass is 32.2. The first-order chi connectivity index (χ1) is 22.8. The fraction of sp³-hybridized carbons (Fsp3) is 0.459. The Kier molecular flexibility index (Phi) is 10.4. The van der Waals surface area contributed by atoms with Crippen LogP contribution < -0.4 is 9.80 Å². The van der Waals surface area contributed by atoms with Gasteiger partial charge < -0.3 is 19.4 Å². The van der Waals surface area contributed by atoms with Gasteiger partial charge in [-0.1, -0.05) is 18.2 Å². The van der Waals surface area contributed by atoms with E-state index in [1.807, 2.05) is 41.0 Å². The van der Waals surface area contributed by atoms with E-state index in [0.717, 1.165) is 49.2 Å². The van der Waals surface area contributed by atoms with Crippen molar-refractivity contribution in [2.45, 2.75) is 64.4 Å². The zero-order valence-electron chi connectivity index (χ0n) is 28.9. The first kappa shape index (κ1) is 34.9. The predicted molar refractivity (Wildman–Crippen MR) is 189 cm³/mol. The molecule has 48 heavy (non-hydrogen) atoms. The number of nitriles is 1. The summed E-state index contributed by atoms with van der Waals surface area (Å²) >= 11 is 0. The van der Waals surface area contributed by atoms with E-state index >= 15 is 0 Å². The summed E-state index contributed by atoms with van der Waals surface area (Å²) in [4.78, 5) is 37.4. The van der Waals surface area contributed by atoms with Gasteiger partial charge in [0.15, 0.2) is 0 Å². The Hall–Kier alpha value is -4.43. The van der Waals surface area contributed by atoms with Crippen molar-refractivity contribution in [1.29, 1.82) is 5.26 Å². The van der Waals surface area contributed by atoms with Crippen LogP contribution in [-0.4, -0.2) is 77.2 Å². The highest BCUT2D eigenvalue weighted by molar-refractivity contribution is 7.93. The Bertz CT molecular complexity index is 1840. The average molecular weight is 671 g/mol. The standard InChI is InChI=1S/C37H46N6O4S/c1-26-22-27(2)31(24-30(26)23-28-13-16-41(17-14-28)32-11-8-7-10-29(32)25-38)35(44)43-20-18-42(19-21-43)34-33(12-9-15-39-34)48(6,46)40-36(45)47-37(3,4)5/h7-12,15,22,24,28H,13-14,16-21,23H2,1-6H3/t48-/m1/s1. The molecule has 1 atom stereocenters. The average Bonchev–Trinajstić information content (AvgIpc) is 3.05. The maximum absolute atomic E-state index is 13.9. The first-order valence-corrected chi connectivity index (χ1v) is 18.5. The molecule has 10 nitrogen and oxygen atoms in total. The largest absolute Gasteiger partial charge is 0.442 e. The third-order valence-corrected chi connectivity index (χ3v) is 10.7. The fourth-order valence-electron chi connectivity index (χ4n) is 6.56. The van der Waals surface area contributed by atoms with Crippen LogP contribution in [0.15, 0.2) is 64.0 Å². The Morgan fingerprint density at radius 3 is 2.33 bits per heavy atom. The predicted octanol–water partition coefficient (Wildman–Crippen LogP) is 6.38. The molecule has 2 saturated heterocycles.